The topological polar surface area (TPSA) is 43.4 Å². The minimum absolute atomic E-state index is 0.0871. The van der Waals surface area contributed by atoms with Crippen molar-refractivity contribution < 1.29 is 38.4 Å². The van der Waals surface area contributed by atoms with Crippen LogP contribution in [0.1, 0.15) is 36.8 Å². The van der Waals surface area contributed by atoms with E-state index < -0.39 is 42.3 Å². The highest BCUT2D eigenvalue weighted by Crippen LogP contribution is 2.80. The molecule has 0 bridgehead atoms. The third-order valence-electron chi connectivity index (χ3n) is 4.77. The summed E-state index contributed by atoms with van der Waals surface area (Å²) >= 11 is 0. The van der Waals surface area contributed by atoms with Crippen LogP contribution in [-0.4, -0.2) is 19.4 Å². The fraction of sp³-hybridized carbons (Fsp3) is 0.500. The lowest BCUT2D eigenvalue weighted by Gasteiger charge is -2.41. The summed E-state index contributed by atoms with van der Waals surface area (Å²) in [6, 6.07) is 3.79. The molecule has 1 saturated carbocycles. The molecular weight excluding hydrogens is 418 g/mol. The molecule has 0 saturated heterocycles. The Morgan fingerprint density at radius 3 is 2.19 bits per heavy atom. The van der Waals surface area contributed by atoms with E-state index in [1.807, 2.05) is 0 Å². The number of allylic oxidation sites excluding steroid dienone is 1. The Labute approximate surface area is 154 Å². The molecule has 0 aromatic heterocycles. The third-order valence-corrected chi connectivity index (χ3v) is 9.61. The van der Waals surface area contributed by atoms with Gasteiger partial charge in [-0.15, -0.1) is 0 Å². The van der Waals surface area contributed by atoms with E-state index in [9.17, 15) is 34.8 Å². The molecule has 1 fully saturated rings. The second-order valence-corrected chi connectivity index (χ2v) is 10.9. The second-order valence-electron chi connectivity index (χ2n) is 6.48. The summed E-state index contributed by atoms with van der Waals surface area (Å²) in [5.41, 5.74) is -10.8. The van der Waals surface area contributed by atoms with Crippen molar-refractivity contribution in [3.8, 4) is 0 Å². The lowest BCUT2D eigenvalue weighted by atomic mass is 10.0. The molecular formula is C16H16F6O3S2. The first kappa shape index (κ1) is 20.5. The summed E-state index contributed by atoms with van der Waals surface area (Å²) in [6.07, 6.45) is 3.13. The molecule has 0 spiro atoms. The average Bonchev–Trinajstić information content (AvgIpc) is 3.12. The van der Waals surface area contributed by atoms with Crippen LogP contribution in [0.5, 0.6) is 0 Å². The Hall–Kier alpha value is -1.20. The highest BCUT2D eigenvalue weighted by Gasteiger charge is 2.65. The molecule has 0 N–H and O–H groups in total. The van der Waals surface area contributed by atoms with Gasteiger partial charge in [0.05, 0.1) is 0 Å². The summed E-state index contributed by atoms with van der Waals surface area (Å²) < 4.78 is 109. The lowest BCUT2D eigenvalue weighted by Crippen LogP contribution is -2.33. The van der Waals surface area contributed by atoms with Crippen LogP contribution in [0.25, 0.3) is 6.08 Å². The van der Waals surface area contributed by atoms with Gasteiger partial charge in [-0.3, -0.25) is 0 Å². The summed E-state index contributed by atoms with van der Waals surface area (Å²) in [4.78, 5) is -0.922. The predicted molar refractivity (Wildman–Crippen MR) is 89.1 cm³/mol. The van der Waals surface area contributed by atoms with Crippen molar-refractivity contribution in [3.63, 3.8) is 0 Å². The first-order valence-corrected chi connectivity index (χ1v) is 11.0. The zero-order valence-electron chi connectivity index (χ0n) is 14.0. The van der Waals surface area contributed by atoms with Crippen LogP contribution in [0, 0.1) is 12.8 Å². The maximum absolute atomic E-state index is 14.3. The van der Waals surface area contributed by atoms with Gasteiger partial charge in [0.2, 0.25) is 0 Å². The molecule has 3 rings (SSSR count). The van der Waals surface area contributed by atoms with Crippen molar-refractivity contribution in [2.45, 2.75) is 48.5 Å². The summed E-state index contributed by atoms with van der Waals surface area (Å²) in [5, 5.41) is 0. The number of hydrogen-bond donors (Lipinski definition) is 0. The molecule has 27 heavy (non-hydrogen) atoms. The van der Waals surface area contributed by atoms with Crippen LogP contribution in [0.3, 0.4) is 0 Å². The smallest absolute Gasteiger partial charge is 0.196 e. The molecule has 1 aliphatic carbocycles. The fourth-order valence-corrected chi connectivity index (χ4v) is 8.41. The molecule has 1 heterocycles. The van der Waals surface area contributed by atoms with Gasteiger partial charge in [0, 0.05) is 20.1 Å². The molecule has 3 nitrogen and oxygen atoms in total. The van der Waals surface area contributed by atoms with E-state index in [0.29, 0.717) is 31.2 Å². The number of benzene rings is 1. The molecule has 1 unspecified atom stereocenters. The monoisotopic (exact) mass is 434 g/mol. The Morgan fingerprint density at radius 1 is 1.07 bits per heavy atom. The normalized spacial score (nSPS) is 26.6. The number of rotatable bonds is 3. The van der Waals surface area contributed by atoms with Gasteiger partial charge in [-0.1, -0.05) is 25.0 Å². The highest BCUT2D eigenvalue weighted by molar-refractivity contribution is 8.37. The Kier molecular flexibility index (Phi) is 4.88. The molecule has 11 heteroatoms. The molecule has 0 amide bonds. The summed E-state index contributed by atoms with van der Waals surface area (Å²) in [6.45, 7) is 1.52. The Balaban J connectivity index is 2.30. The first-order valence-electron chi connectivity index (χ1n) is 8.04. The molecule has 1 aromatic carbocycles. The summed E-state index contributed by atoms with van der Waals surface area (Å²) in [7, 11) is -11.3. The van der Waals surface area contributed by atoms with Gasteiger partial charge in [-0.25, -0.2) is 0 Å². The third kappa shape index (κ3) is 3.17. The van der Waals surface area contributed by atoms with E-state index in [1.165, 1.54) is 25.1 Å². The minimum atomic E-state index is -6.46. The van der Waals surface area contributed by atoms with Gasteiger partial charge in [0.25, 0.3) is 0 Å². The van der Waals surface area contributed by atoms with Gasteiger partial charge < -0.3 is 0 Å². The number of alkyl halides is 6. The summed E-state index contributed by atoms with van der Waals surface area (Å²) in [5.74, 6) is -0.670. The molecule has 1 atom stereocenters. The van der Waals surface area contributed by atoms with Crippen molar-refractivity contribution in [1.29, 1.82) is 0 Å². The average molecular weight is 434 g/mol. The van der Waals surface area contributed by atoms with E-state index in [2.05, 4.69) is 3.63 Å². The number of hydrogen-bond acceptors (Lipinski definition) is 3. The minimum Gasteiger partial charge on any atom is -0.196 e. The van der Waals surface area contributed by atoms with Crippen molar-refractivity contribution in [1.82, 2.24) is 0 Å². The fourth-order valence-electron chi connectivity index (χ4n) is 3.55. The standard InChI is InChI=1S/C16H16F6O3S2/c1-10-5-4-8-13-12(10)9-14(11-6-2-3-7-11)26(13,15(17,18)19)25-27(23,24)16(20,21)22/h4-5,8-9,11H,2-3,6-7H2,1H3. The van der Waals surface area contributed by atoms with Gasteiger partial charge >= 0.3 is 21.1 Å². The van der Waals surface area contributed by atoms with E-state index >= 15 is 0 Å². The van der Waals surface area contributed by atoms with Crippen LogP contribution in [0.4, 0.5) is 26.3 Å². The first-order chi connectivity index (χ1) is 12.3. The van der Waals surface area contributed by atoms with Gasteiger partial charge in [-0.05, 0) is 49.0 Å². The Bertz CT molecular complexity index is 882. The van der Waals surface area contributed by atoms with Crippen molar-refractivity contribution in [2.24, 2.45) is 5.92 Å². The number of halogens is 6. The van der Waals surface area contributed by atoms with Crippen LogP contribution >= 0.6 is 10.3 Å². The largest absolute Gasteiger partial charge is 0.523 e. The van der Waals surface area contributed by atoms with E-state index in [4.69, 9.17) is 0 Å². The maximum atomic E-state index is 14.3. The Morgan fingerprint density at radius 2 is 1.67 bits per heavy atom. The quantitative estimate of drug-likeness (QED) is 0.433. The highest BCUT2D eigenvalue weighted by atomic mass is 32.3. The van der Waals surface area contributed by atoms with Crippen molar-refractivity contribution >= 4 is 26.5 Å². The van der Waals surface area contributed by atoms with E-state index in [0.717, 1.165) is 6.07 Å². The van der Waals surface area contributed by atoms with E-state index in [-0.39, 0.29) is 10.5 Å². The molecule has 0 radical (unpaired) electrons. The van der Waals surface area contributed by atoms with Crippen LogP contribution < -0.4 is 0 Å². The van der Waals surface area contributed by atoms with Crippen molar-refractivity contribution in [2.75, 3.05) is 0 Å². The molecule has 152 valence electrons. The van der Waals surface area contributed by atoms with Crippen LogP contribution in [-0.2, 0) is 13.7 Å². The van der Waals surface area contributed by atoms with Gasteiger partial charge in [0.15, 0.2) is 0 Å². The van der Waals surface area contributed by atoms with Gasteiger partial charge in [0.1, 0.15) is 0 Å². The second kappa shape index (κ2) is 6.41. The predicted octanol–water partition coefficient (Wildman–Crippen LogP) is 6.00. The molecule has 1 aromatic rings. The molecule has 2 aliphatic rings. The van der Waals surface area contributed by atoms with Gasteiger partial charge in [-0.2, -0.15) is 38.4 Å². The van der Waals surface area contributed by atoms with Crippen LogP contribution in [0.2, 0.25) is 0 Å². The number of aryl methyl sites for hydroxylation is 1. The van der Waals surface area contributed by atoms with Crippen LogP contribution in [0.15, 0.2) is 28.0 Å². The lowest BCUT2D eigenvalue weighted by molar-refractivity contribution is -0.0547. The maximum Gasteiger partial charge on any atom is 0.523 e. The molecule has 1 aliphatic heterocycles. The SMILES string of the molecule is Cc1cccc2c1C=C(C1CCCC1)S2(OS(=O)(=O)C(F)(F)F)C(F)(F)F. The zero-order valence-corrected chi connectivity index (χ0v) is 15.7. The zero-order chi connectivity index (χ0) is 20.3. The van der Waals surface area contributed by atoms with Crippen molar-refractivity contribution in [3.05, 3.63) is 34.2 Å². The van der Waals surface area contributed by atoms with E-state index in [1.54, 1.807) is 0 Å². The number of fused-ring (bicyclic) bond motifs is 1.